The molecule has 1 unspecified atom stereocenters. The highest BCUT2D eigenvalue weighted by atomic mass is 16.6. The number of carbonyl (C=O) groups is 1. The highest BCUT2D eigenvalue weighted by Crippen LogP contribution is 2.22. The molecule has 0 aliphatic carbocycles. The number of nitrogens with zero attached hydrogens (tertiary/aromatic N) is 3. The first-order valence-corrected chi connectivity index (χ1v) is 7.34. The minimum Gasteiger partial charge on any atom is -0.489 e. The normalized spacial score (nSPS) is 17.7. The molecule has 1 aliphatic rings. The van der Waals surface area contributed by atoms with Gasteiger partial charge in [-0.2, -0.15) is 5.10 Å². The number of amides is 1. The van der Waals surface area contributed by atoms with Gasteiger partial charge in [0.2, 0.25) is 5.69 Å². The van der Waals surface area contributed by atoms with Crippen molar-refractivity contribution >= 4 is 11.6 Å². The predicted molar refractivity (Wildman–Crippen MR) is 81.2 cm³/mol. The largest absolute Gasteiger partial charge is 0.489 e. The first kappa shape index (κ1) is 15.0. The fourth-order valence-corrected chi connectivity index (χ4v) is 2.64. The second kappa shape index (κ2) is 6.47. The van der Waals surface area contributed by atoms with Gasteiger partial charge in [0, 0.05) is 6.54 Å². The molecule has 1 N–H and O–H groups in total. The SMILES string of the molecule is O=C(c1[nH]ncc1[N+](=O)[O-])N1CCCC(Oc2ccccc2)C1. The Morgan fingerprint density at radius 2 is 2.17 bits per heavy atom. The van der Waals surface area contributed by atoms with Crippen molar-refractivity contribution in [3.05, 3.63) is 52.3 Å². The van der Waals surface area contributed by atoms with Gasteiger partial charge in [0.05, 0.1) is 11.5 Å². The molecule has 2 heterocycles. The highest BCUT2D eigenvalue weighted by Gasteiger charge is 2.31. The fourth-order valence-electron chi connectivity index (χ4n) is 2.64. The number of aromatic nitrogens is 2. The molecule has 0 spiro atoms. The molecule has 1 aromatic heterocycles. The lowest BCUT2D eigenvalue weighted by Gasteiger charge is -2.32. The summed E-state index contributed by atoms with van der Waals surface area (Å²) >= 11 is 0. The molecular formula is C15H16N4O4. The summed E-state index contributed by atoms with van der Waals surface area (Å²) in [6.07, 6.45) is 2.54. The number of hydrogen-bond donors (Lipinski definition) is 1. The first-order valence-electron chi connectivity index (χ1n) is 7.34. The lowest BCUT2D eigenvalue weighted by atomic mass is 10.1. The Morgan fingerprint density at radius 3 is 2.91 bits per heavy atom. The lowest BCUT2D eigenvalue weighted by Crippen LogP contribution is -2.44. The summed E-state index contributed by atoms with van der Waals surface area (Å²) in [6, 6.07) is 9.39. The van der Waals surface area contributed by atoms with Gasteiger partial charge in [-0.3, -0.25) is 20.0 Å². The number of rotatable bonds is 4. The number of nitrogens with one attached hydrogen (secondary N) is 1. The molecule has 1 aliphatic heterocycles. The Kier molecular flexibility index (Phi) is 4.22. The third-order valence-electron chi connectivity index (χ3n) is 3.74. The van der Waals surface area contributed by atoms with Crippen molar-refractivity contribution in [1.29, 1.82) is 0 Å². The van der Waals surface area contributed by atoms with Crippen LogP contribution >= 0.6 is 0 Å². The molecular weight excluding hydrogens is 300 g/mol. The molecule has 2 aromatic rings. The van der Waals surface area contributed by atoms with Crippen LogP contribution in [0.4, 0.5) is 5.69 Å². The fraction of sp³-hybridized carbons (Fsp3) is 0.333. The van der Waals surface area contributed by atoms with Gasteiger partial charge >= 0.3 is 5.69 Å². The maximum Gasteiger partial charge on any atom is 0.319 e. The van der Waals surface area contributed by atoms with Crippen molar-refractivity contribution in [2.75, 3.05) is 13.1 Å². The number of piperidine rings is 1. The van der Waals surface area contributed by atoms with Crippen LogP contribution in [0.2, 0.25) is 0 Å². The summed E-state index contributed by atoms with van der Waals surface area (Å²) in [4.78, 5) is 24.4. The van der Waals surface area contributed by atoms with E-state index in [9.17, 15) is 14.9 Å². The quantitative estimate of drug-likeness (QED) is 0.686. The number of carbonyl (C=O) groups excluding carboxylic acids is 1. The molecule has 0 saturated carbocycles. The van der Waals surface area contributed by atoms with E-state index >= 15 is 0 Å². The van der Waals surface area contributed by atoms with Crippen molar-refractivity contribution in [1.82, 2.24) is 15.1 Å². The van der Waals surface area contributed by atoms with E-state index in [1.54, 1.807) is 4.90 Å². The zero-order valence-electron chi connectivity index (χ0n) is 12.3. The van der Waals surface area contributed by atoms with Crippen LogP contribution in [0, 0.1) is 10.1 Å². The zero-order chi connectivity index (χ0) is 16.2. The molecule has 23 heavy (non-hydrogen) atoms. The summed E-state index contributed by atoms with van der Waals surface area (Å²) in [5.74, 6) is 0.329. The standard InChI is InChI=1S/C15H16N4O4/c20-15(14-13(19(21)22)9-16-17-14)18-8-4-7-12(10-18)23-11-5-2-1-3-6-11/h1-3,5-6,9,12H,4,7-8,10H2,(H,16,17). The van der Waals surface area contributed by atoms with Crippen molar-refractivity contribution < 1.29 is 14.5 Å². The molecule has 0 bridgehead atoms. The second-order valence-electron chi connectivity index (χ2n) is 5.33. The summed E-state index contributed by atoms with van der Waals surface area (Å²) in [5.41, 5.74) is -0.392. The smallest absolute Gasteiger partial charge is 0.319 e. The van der Waals surface area contributed by atoms with Crippen molar-refractivity contribution in [2.24, 2.45) is 0 Å². The number of para-hydroxylation sites is 1. The van der Waals surface area contributed by atoms with Gasteiger partial charge in [-0.1, -0.05) is 18.2 Å². The molecule has 0 radical (unpaired) electrons. The van der Waals surface area contributed by atoms with Gasteiger partial charge in [0.15, 0.2) is 0 Å². The molecule has 120 valence electrons. The van der Waals surface area contributed by atoms with Gasteiger partial charge in [0.1, 0.15) is 18.1 Å². The number of likely N-dealkylation sites (tertiary alicyclic amines) is 1. The molecule has 1 amide bonds. The molecule has 1 aromatic carbocycles. The topological polar surface area (TPSA) is 101 Å². The number of benzene rings is 1. The van der Waals surface area contributed by atoms with Crippen LogP contribution in [-0.4, -0.2) is 45.1 Å². The third kappa shape index (κ3) is 3.31. The zero-order valence-corrected chi connectivity index (χ0v) is 12.3. The van der Waals surface area contributed by atoms with Crippen LogP contribution in [-0.2, 0) is 0 Å². The van der Waals surface area contributed by atoms with E-state index in [1.807, 2.05) is 30.3 Å². The van der Waals surface area contributed by atoms with Gasteiger partial charge in [-0.05, 0) is 25.0 Å². The van der Waals surface area contributed by atoms with E-state index < -0.39 is 10.8 Å². The number of nitro groups is 1. The summed E-state index contributed by atoms with van der Waals surface area (Å²) in [6.45, 7) is 0.938. The van der Waals surface area contributed by atoms with E-state index in [0.717, 1.165) is 24.8 Å². The van der Waals surface area contributed by atoms with Crippen molar-refractivity contribution in [3.63, 3.8) is 0 Å². The molecule has 3 rings (SSSR count). The van der Waals surface area contributed by atoms with E-state index in [2.05, 4.69) is 10.2 Å². The summed E-state index contributed by atoms with van der Waals surface area (Å²) in [5, 5.41) is 17.0. The Bertz CT molecular complexity index is 701. The van der Waals surface area contributed by atoms with Crippen LogP contribution in [0.25, 0.3) is 0 Å². The van der Waals surface area contributed by atoms with E-state index in [0.29, 0.717) is 13.1 Å². The Morgan fingerprint density at radius 1 is 1.39 bits per heavy atom. The first-order chi connectivity index (χ1) is 11.1. The van der Waals surface area contributed by atoms with Gasteiger partial charge in [-0.25, -0.2) is 0 Å². The van der Waals surface area contributed by atoms with E-state index in [1.165, 1.54) is 0 Å². The van der Waals surface area contributed by atoms with E-state index in [4.69, 9.17) is 4.74 Å². The molecule has 1 fully saturated rings. The minimum atomic E-state index is -0.612. The van der Waals surface area contributed by atoms with E-state index in [-0.39, 0.29) is 17.5 Å². The van der Waals surface area contributed by atoms with Gasteiger partial charge < -0.3 is 9.64 Å². The molecule has 8 heteroatoms. The Hall–Kier alpha value is -2.90. The summed E-state index contributed by atoms with van der Waals surface area (Å²) in [7, 11) is 0. The minimum absolute atomic E-state index is 0.0876. The van der Waals surface area contributed by atoms with Crippen LogP contribution in [0.3, 0.4) is 0 Å². The average molecular weight is 316 g/mol. The van der Waals surface area contributed by atoms with Crippen LogP contribution in [0.1, 0.15) is 23.3 Å². The maximum atomic E-state index is 12.5. The lowest BCUT2D eigenvalue weighted by molar-refractivity contribution is -0.385. The number of H-pyrrole nitrogens is 1. The van der Waals surface area contributed by atoms with Crippen LogP contribution in [0.5, 0.6) is 5.75 Å². The number of ether oxygens (including phenoxy) is 1. The average Bonchev–Trinajstić information content (AvgIpc) is 3.05. The number of hydrogen-bond acceptors (Lipinski definition) is 5. The Labute approximate surface area is 132 Å². The molecule has 8 nitrogen and oxygen atoms in total. The summed E-state index contributed by atoms with van der Waals surface area (Å²) < 4.78 is 5.88. The monoisotopic (exact) mass is 316 g/mol. The van der Waals surface area contributed by atoms with Crippen LogP contribution < -0.4 is 4.74 Å². The second-order valence-corrected chi connectivity index (χ2v) is 5.33. The Balaban J connectivity index is 1.69. The van der Waals surface area contributed by atoms with Crippen molar-refractivity contribution in [2.45, 2.75) is 18.9 Å². The third-order valence-corrected chi connectivity index (χ3v) is 3.74. The highest BCUT2D eigenvalue weighted by molar-refractivity contribution is 5.96. The molecule has 1 saturated heterocycles. The van der Waals surface area contributed by atoms with Gasteiger partial charge in [-0.15, -0.1) is 0 Å². The molecule has 1 atom stereocenters. The van der Waals surface area contributed by atoms with Gasteiger partial charge in [0.25, 0.3) is 5.91 Å². The maximum absolute atomic E-state index is 12.5. The van der Waals surface area contributed by atoms with Crippen LogP contribution in [0.15, 0.2) is 36.5 Å². The predicted octanol–water partition coefficient (Wildman–Crippen LogP) is 2.00. The number of aromatic amines is 1. The van der Waals surface area contributed by atoms with Crippen molar-refractivity contribution in [3.8, 4) is 5.75 Å².